The third-order valence-corrected chi connectivity index (χ3v) is 2.19. The molecule has 1 amide bonds. The first-order valence-electron chi connectivity index (χ1n) is 4.88. The summed E-state index contributed by atoms with van der Waals surface area (Å²) in [6.45, 7) is 0. The van der Waals surface area contributed by atoms with E-state index in [4.69, 9.17) is 5.21 Å². The van der Waals surface area contributed by atoms with Crippen molar-refractivity contribution in [1.29, 1.82) is 0 Å². The van der Waals surface area contributed by atoms with Crippen molar-refractivity contribution in [3.8, 4) is 5.69 Å². The minimum absolute atomic E-state index is 0.448. The number of hydrogen-bond donors (Lipinski definition) is 2. The van der Waals surface area contributed by atoms with Crippen LogP contribution in [0.1, 0.15) is 5.56 Å². The first kappa shape index (κ1) is 10.9. The van der Waals surface area contributed by atoms with E-state index in [-0.39, 0.29) is 0 Å². The van der Waals surface area contributed by atoms with Crippen LogP contribution in [0.25, 0.3) is 5.69 Å². The maximum Gasteiger partial charge on any atom is 0.212 e. The molecule has 0 fully saturated rings. The number of carbonyl (C=O) groups is 1. The lowest BCUT2D eigenvalue weighted by Crippen LogP contribution is -2.05. The predicted octanol–water partition coefficient (Wildman–Crippen LogP) is 1.25. The van der Waals surface area contributed by atoms with E-state index in [1.807, 2.05) is 30.3 Å². The van der Waals surface area contributed by atoms with E-state index < -0.39 is 0 Å². The van der Waals surface area contributed by atoms with Crippen molar-refractivity contribution in [2.24, 2.45) is 5.16 Å². The minimum atomic E-state index is 0.448. The summed E-state index contributed by atoms with van der Waals surface area (Å²) < 4.78 is 1.55. The zero-order chi connectivity index (χ0) is 12.1. The number of aromatic nitrogens is 2. The highest BCUT2D eigenvalue weighted by atomic mass is 16.4. The first-order chi connectivity index (χ1) is 8.36. The highest BCUT2D eigenvalue weighted by molar-refractivity contribution is 5.89. The van der Waals surface area contributed by atoms with E-state index >= 15 is 0 Å². The quantitative estimate of drug-likeness (QED) is 0.359. The van der Waals surface area contributed by atoms with Crippen LogP contribution in [0.4, 0.5) is 5.82 Å². The van der Waals surface area contributed by atoms with Gasteiger partial charge in [-0.15, -0.1) is 0 Å². The summed E-state index contributed by atoms with van der Waals surface area (Å²) in [5, 5.41) is 18.1. The molecule has 0 saturated carbocycles. The number of rotatable bonds is 4. The minimum Gasteiger partial charge on any atom is -0.411 e. The topological polar surface area (TPSA) is 79.5 Å². The van der Waals surface area contributed by atoms with Gasteiger partial charge in [0.05, 0.1) is 23.7 Å². The summed E-state index contributed by atoms with van der Waals surface area (Å²) in [7, 11) is 0. The molecule has 0 aliphatic rings. The van der Waals surface area contributed by atoms with Crippen LogP contribution in [0, 0.1) is 0 Å². The molecule has 0 radical (unpaired) electrons. The largest absolute Gasteiger partial charge is 0.411 e. The molecule has 0 aliphatic carbocycles. The number of benzene rings is 1. The van der Waals surface area contributed by atoms with Gasteiger partial charge in [-0.25, -0.2) is 4.68 Å². The highest BCUT2D eigenvalue weighted by Gasteiger charge is 2.09. The maximum absolute atomic E-state index is 10.6. The van der Waals surface area contributed by atoms with E-state index in [2.05, 4.69) is 15.6 Å². The lowest BCUT2D eigenvalue weighted by molar-refractivity contribution is -0.105. The van der Waals surface area contributed by atoms with Gasteiger partial charge in [0.2, 0.25) is 6.41 Å². The van der Waals surface area contributed by atoms with Crippen molar-refractivity contribution in [3.05, 3.63) is 42.1 Å². The second-order valence-corrected chi connectivity index (χ2v) is 3.20. The maximum atomic E-state index is 10.6. The summed E-state index contributed by atoms with van der Waals surface area (Å²) in [5.74, 6) is 0.448. The second kappa shape index (κ2) is 4.93. The van der Waals surface area contributed by atoms with Crippen molar-refractivity contribution in [2.45, 2.75) is 0 Å². The number of nitrogens with zero attached hydrogens (tertiary/aromatic N) is 3. The average molecular weight is 230 g/mol. The molecule has 0 unspecified atom stereocenters. The Balaban J connectivity index is 2.51. The molecule has 1 heterocycles. The molecular weight excluding hydrogens is 220 g/mol. The van der Waals surface area contributed by atoms with Gasteiger partial charge < -0.3 is 10.5 Å². The lowest BCUT2D eigenvalue weighted by Gasteiger charge is -2.06. The summed E-state index contributed by atoms with van der Waals surface area (Å²) >= 11 is 0. The van der Waals surface area contributed by atoms with E-state index in [1.165, 1.54) is 12.4 Å². The summed E-state index contributed by atoms with van der Waals surface area (Å²) in [5.41, 5.74) is 1.32. The first-order valence-corrected chi connectivity index (χ1v) is 4.88. The smallest absolute Gasteiger partial charge is 0.212 e. The van der Waals surface area contributed by atoms with Crippen LogP contribution in [-0.2, 0) is 4.79 Å². The van der Waals surface area contributed by atoms with Crippen molar-refractivity contribution in [1.82, 2.24) is 9.78 Å². The molecule has 2 rings (SSSR count). The van der Waals surface area contributed by atoms with E-state index in [0.717, 1.165) is 5.69 Å². The molecule has 2 N–H and O–H groups in total. The third kappa shape index (κ3) is 2.15. The number of para-hydroxylation sites is 1. The van der Waals surface area contributed by atoms with Crippen LogP contribution >= 0.6 is 0 Å². The molecule has 0 spiro atoms. The standard InChI is InChI=1S/C11H10N4O2/c16-8-12-11-9(7-14-17)6-13-15(11)10-4-2-1-3-5-10/h1-8,17H,(H,12,16). The average Bonchev–Trinajstić information content (AvgIpc) is 2.75. The highest BCUT2D eigenvalue weighted by Crippen LogP contribution is 2.18. The molecule has 0 bridgehead atoms. The Kier molecular flexibility index (Phi) is 3.15. The zero-order valence-electron chi connectivity index (χ0n) is 8.82. The van der Waals surface area contributed by atoms with Crippen molar-refractivity contribution in [2.75, 3.05) is 5.32 Å². The predicted molar refractivity (Wildman–Crippen MR) is 62.6 cm³/mol. The summed E-state index contributed by atoms with van der Waals surface area (Å²) in [6.07, 6.45) is 3.25. The normalized spacial score (nSPS) is 10.6. The molecule has 17 heavy (non-hydrogen) atoms. The molecule has 0 saturated heterocycles. The Morgan fingerprint density at radius 1 is 1.35 bits per heavy atom. The molecular formula is C11H10N4O2. The SMILES string of the molecule is O=CNc1c(C=NO)cnn1-c1ccccc1. The Morgan fingerprint density at radius 2 is 2.12 bits per heavy atom. The fourth-order valence-corrected chi connectivity index (χ4v) is 1.48. The Labute approximate surface area is 97.2 Å². The van der Waals surface area contributed by atoms with Gasteiger partial charge >= 0.3 is 0 Å². The number of anilines is 1. The monoisotopic (exact) mass is 230 g/mol. The number of amides is 1. The molecule has 2 aromatic rings. The molecule has 6 nitrogen and oxygen atoms in total. The van der Waals surface area contributed by atoms with Gasteiger partial charge in [-0.3, -0.25) is 4.79 Å². The molecule has 6 heteroatoms. The van der Waals surface area contributed by atoms with Crippen molar-refractivity contribution >= 4 is 18.4 Å². The Hall–Kier alpha value is -2.63. The lowest BCUT2D eigenvalue weighted by atomic mass is 10.3. The fourth-order valence-electron chi connectivity index (χ4n) is 1.48. The van der Waals surface area contributed by atoms with E-state index in [0.29, 0.717) is 17.8 Å². The van der Waals surface area contributed by atoms with Gasteiger partial charge in [-0.05, 0) is 12.1 Å². The number of nitrogens with one attached hydrogen (secondary N) is 1. The van der Waals surface area contributed by atoms with Crippen LogP contribution in [0.5, 0.6) is 0 Å². The molecule has 1 aromatic heterocycles. The van der Waals surface area contributed by atoms with Crippen molar-refractivity contribution < 1.29 is 10.0 Å². The third-order valence-electron chi connectivity index (χ3n) is 2.19. The van der Waals surface area contributed by atoms with Crippen molar-refractivity contribution in [3.63, 3.8) is 0 Å². The summed E-state index contributed by atoms with van der Waals surface area (Å²) in [4.78, 5) is 10.6. The Morgan fingerprint density at radius 3 is 2.76 bits per heavy atom. The number of oxime groups is 1. The van der Waals surface area contributed by atoms with Crippen LogP contribution in [-0.4, -0.2) is 27.6 Å². The van der Waals surface area contributed by atoms with Crippen LogP contribution in [0.15, 0.2) is 41.7 Å². The van der Waals surface area contributed by atoms with Gasteiger partial charge in [-0.2, -0.15) is 5.10 Å². The fraction of sp³-hybridized carbons (Fsp3) is 0. The van der Waals surface area contributed by atoms with Gasteiger partial charge in [0.25, 0.3) is 0 Å². The number of hydrogen-bond acceptors (Lipinski definition) is 4. The van der Waals surface area contributed by atoms with Gasteiger partial charge in [0.1, 0.15) is 5.82 Å². The zero-order valence-corrected chi connectivity index (χ0v) is 8.82. The van der Waals surface area contributed by atoms with Gasteiger partial charge in [-0.1, -0.05) is 23.4 Å². The molecule has 86 valence electrons. The van der Waals surface area contributed by atoms with Gasteiger partial charge in [0.15, 0.2) is 0 Å². The van der Waals surface area contributed by atoms with E-state index in [1.54, 1.807) is 4.68 Å². The van der Waals surface area contributed by atoms with Crippen LogP contribution < -0.4 is 5.32 Å². The molecule has 0 aliphatic heterocycles. The molecule has 1 aromatic carbocycles. The summed E-state index contributed by atoms with van der Waals surface area (Å²) in [6, 6.07) is 9.31. The number of carbonyl (C=O) groups excluding carboxylic acids is 1. The van der Waals surface area contributed by atoms with Crippen LogP contribution in [0.2, 0.25) is 0 Å². The second-order valence-electron chi connectivity index (χ2n) is 3.20. The van der Waals surface area contributed by atoms with E-state index in [9.17, 15) is 4.79 Å². The molecule has 0 atom stereocenters. The Bertz CT molecular complexity index is 534. The van der Waals surface area contributed by atoms with Gasteiger partial charge in [0, 0.05) is 0 Å². The van der Waals surface area contributed by atoms with Crippen LogP contribution in [0.3, 0.4) is 0 Å².